The van der Waals surface area contributed by atoms with Crippen LogP contribution in [0, 0.1) is 22.7 Å². The maximum atomic E-state index is 12.9. The minimum Gasteiger partial charge on any atom is -0.293 e. The van der Waals surface area contributed by atoms with E-state index in [1.165, 1.54) is 11.8 Å². The number of anilines is 1. The molecule has 0 aliphatic heterocycles. The first-order valence-corrected chi connectivity index (χ1v) is 11.9. The van der Waals surface area contributed by atoms with Crippen molar-refractivity contribution in [3.63, 3.8) is 0 Å². The Hall–Kier alpha value is -4.13. The Bertz CT molecular complexity index is 1480. The van der Waals surface area contributed by atoms with Crippen molar-refractivity contribution in [1.29, 1.82) is 10.5 Å². The lowest BCUT2D eigenvalue weighted by molar-refractivity contribution is -0.410. The molecule has 0 spiro atoms. The van der Waals surface area contributed by atoms with Gasteiger partial charge in [0.25, 0.3) is 5.82 Å². The number of hydrogen-bond acceptors (Lipinski definition) is 5. The summed E-state index contributed by atoms with van der Waals surface area (Å²) < 4.78 is 0. The third-order valence-electron chi connectivity index (χ3n) is 5.75. The normalized spacial score (nSPS) is 10.7. The van der Waals surface area contributed by atoms with Crippen LogP contribution in [0.4, 0.5) is 5.82 Å². The van der Waals surface area contributed by atoms with Gasteiger partial charge in [0.2, 0.25) is 0 Å². The monoisotopic (exact) mass is 463 g/mol. The Labute approximate surface area is 202 Å². The number of carbonyl (C=O) groups is 1. The molecule has 166 valence electrons. The van der Waals surface area contributed by atoms with Gasteiger partial charge in [-0.1, -0.05) is 86.3 Å². The molecule has 0 aliphatic carbocycles. The fraction of sp³-hybridized carbons (Fsp3) is 0.143. The molecule has 1 aromatic heterocycles. The number of nitrogen functional groups attached to an aromatic ring is 1. The van der Waals surface area contributed by atoms with Gasteiger partial charge in [0.15, 0.2) is 10.8 Å². The molecule has 0 bridgehead atoms. The molecule has 0 amide bonds. The lowest BCUT2D eigenvalue weighted by atomic mass is 9.94. The van der Waals surface area contributed by atoms with Crippen molar-refractivity contribution in [1.82, 2.24) is 0 Å². The number of aromatic amines is 1. The van der Waals surface area contributed by atoms with E-state index in [1.807, 2.05) is 66.7 Å². The summed E-state index contributed by atoms with van der Waals surface area (Å²) in [4.78, 5) is 15.9. The van der Waals surface area contributed by atoms with Crippen molar-refractivity contribution < 1.29 is 9.78 Å². The van der Waals surface area contributed by atoms with Gasteiger partial charge in [-0.15, -0.1) is 0 Å². The number of nitrogens with one attached hydrogen (secondary N) is 1. The summed E-state index contributed by atoms with van der Waals surface area (Å²) >= 11 is 1.21. The van der Waals surface area contributed by atoms with Gasteiger partial charge in [-0.2, -0.15) is 10.5 Å². The summed E-state index contributed by atoms with van der Waals surface area (Å²) in [6, 6.07) is 25.6. The molecular formula is C28H23N4OS+. The highest BCUT2D eigenvalue weighted by molar-refractivity contribution is 7.99. The largest absolute Gasteiger partial charge is 0.293 e. The van der Waals surface area contributed by atoms with Crippen LogP contribution in [0.15, 0.2) is 71.8 Å². The van der Waals surface area contributed by atoms with Gasteiger partial charge in [0.1, 0.15) is 23.3 Å². The van der Waals surface area contributed by atoms with Crippen LogP contribution < -0.4 is 10.7 Å². The molecule has 0 fully saturated rings. The zero-order chi connectivity index (χ0) is 24.2. The van der Waals surface area contributed by atoms with E-state index >= 15 is 0 Å². The van der Waals surface area contributed by atoms with Gasteiger partial charge >= 0.3 is 0 Å². The fourth-order valence-electron chi connectivity index (χ4n) is 3.86. The second-order valence-corrected chi connectivity index (χ2v) is 9.25. The van der Waals surface area contributed by atoms with E-state index in [1.54, 1.807) is 0 Å². The highest BCUT2D eigenvalue weighted by Gasteiger charge is 2.24. The molecule has 0 saturated carbocycles. The van der Waals surface area contributed by atoms with Crippen LogP contribution in [0.25, 0.3) is 21.9 Å². The fourth-order valence-corrected chi connectivity index (χ4v) is 4.78. The van der Waals surface area contributed by atoms with Crippen molar-refractivity contribution in [3.8, 4) is 23.3 Å². The third-order valence-corrected chi connectivity index (χ3v) is 6.75. The maximum Gasteiger partial charge on any atom is 0.289 e. The average Bonchev–Trinajstić information content (AvgIpc) is 2.86. The Morgan fingerprint density at radius 3 is 2.29 bits per heavy atom. The van der Waals surface area contributed by atoms with Crippen LogP contribution in [0.1, 0.15) is 46.8 Å². The van der Waals surface area contributed by atoms with Crippen LogP contribution in [0.5, 0.6) is 0 Å². The van der Waals surface area contributed by atoms with Gasteiger partial charge in [-0.05, 0) is 33.9 Å². The first-order valence-electron chi connectivity index (χ1n) is 10.9. The standard InChI is InChI=1S/C28H22N4OS/c1-17(2)18-7-10-20(11-8-18)26-23(14-29)27(31)32-28(24(26)15-30)34-16-25(33)22-12-9-19-5-3-4-6-21(19)13-22/h3-13,17H,16H2,1-2H3,(H2,31,32)/p+1. The van der Waals surface area contributed by atoms with E-state index in [9.17, 15) is 15.3 Å². The molecule has 0 aliphatic rings. The molecule has 5 nitrogen and oxygen atoms in total. The number of pyridine rings is 1. The van der Waals surface area contributed by atoms with Crippen molar-refractivity contribution in [2.24, 2.45) is 0 Å². The van der Waals surface area contributed by atoms with E-state index in [2.05, 4.69) is 31.0 Å². The van der Waals surface area contributed by atoms with Crippen LogP contribution >= 0.6 is 11.8 Å². The number of H-pyrrole nitrogens is 1. The van der Waals surface area contributed by atoms with Gasteiger partial charge in [-0.3, -0.25) is 10.5 Å². The Balaban J connectivity index is 1.68. The van der Waals surface area contributed by atoms with Gasteiger partial charge in [0, 0.05) is 11.1 Å². The smallest absolute Gasteiger partial charge is 0.289 e. The number of nitrogens with zero attached hydrogens (tertiary/aromatic N) is 2. The van der Waals surface area contributed by atoms with Gasteiger partial charge < -0.3 is 0 Å². The molecular weight excluding hydrogens is 440 g/mol. The molecule has 4 aromatic rings. The van der Waals surface area contributed by atoms with Crippen molar-refractivity contribution in [2.75, 3.05) is 11.5 Å². The molecule has 34 heavy (non-hydrogen) atoms. The molecule has 4 rings (SSSR count). The van der Waals surface area contributed by atoms with Crippen molar-refractivity contribution in [3.05, 3.63) is 89.0 Å². The van der Waals surface area contributed by atoms with Gasteiger partial charge in [-0.25, -0.2) is 4.98 Å². The number of ketones is 1. The highest BCUT2D eigenvalue weighted by atomic mass is 32.2. The van der Waals surface area contributed by atoms with Crippen molar-refractivity contribution in [2.45, 2.75) is 24.8 Å². The van der Waals surface area contributed by atoms with Gasteiger partial charge in [0.05, 0.1) is 5.75 Å². The SMILES string of the molecule is CC(C)c1ccc(-c2c(C#N)c(N)[nH+]c(SCC(=O)c3ccc4ccccc4c3)c2C#N)cc1. The van der Waals surface area contributed by atoms with Crippen LogP contribution in [-0.4, -0.2) is 11.5 Å². The quantitative estimate of drug-likeness (QED) is 0.290. The number of aromatic nitrogens is 1. The molecule has 0 atom stereocenters. The Morgan fingerprint density at radius 1 is 0.971 bits per heavy atom. The number of rotatable bonds is 6. The molecule has 3 aromatic carbocycles. The van der Waals surface area contributed by atoms with Crippen LogP contribution in [-0.2, 0) is 0 Å². The summed E-state index contributed by atoms with van der Waals surface area (Å²) in [5, 5.41) is 22.3. The summed E-state index contributed by atoms with van der Waals surface area (Å²) in [6.45, 7) is 4.21. The number of benzene rings is 3. The summed E-state index contributed by atoms with van der Waals surface area (Å²) in [6.07, 6.45) is 0. The first kappa shape index (κ1) is 23.0. The van der Waals surface area contributed by atoms with Crippen LogP contribution in [0.2, 0.25) is 0 Å². The molecule has 3 N–H and O–H groups in total. The molecule has 1 heterocycles. The molecule has 0 unspecified atom stereocenters. The van der Waals surface area contributed by atoms with E-state index in [4.69, 9.17) is 5.73 Å². The minimum atomic E-state index is -0.0567. The van der Waals surface area contributed by atoms with E-state index in [0.717, 1.165) is 21.9 Å². The number of nitrogens with two attached hydrogens (primary N) is 1. The number of hydrogen-bond donors (Lipinski definition) is 1. The first-order chi connectivity index (χ1) is 16.4. The number of thioether (sulfide) groups is 1. The number of fused-ring (bicyclic) bond motifs is 1. The zero-order valence-corrected chi connectivity index (χ0v) is 19.7. The molecule has 0 saturated heterocycles. The van der Waals surface area contributed by atoms with E-state index in [-0.39, 0.29) is 22.9 Å². The second kappa shape index (κ2) is 9.79. The Kier molecular flexibility index (Phi) is 6.63. The Morgan fingerprint density at radius 2 is 1.65 bits per heavy atom. The zero-order valence-electron chi connectivity index (χ0n) is 18.9. The third kappa shape index (κ3) is 4.50. The van der Waals surface area contributed by atoms with Crippen LogP contribution in [0.3, 0.4) is 0 Å². The number of carbonyl (C=O) groups excluding carboxylic acids is 1. The predicted molar refractivity (Wildman–Crippen MR) is 135 cm³/mol. The predicted octanol–water partition coefficient (Wildman–Crippen LogP) is 5.74. The van der Waals surface area contributed by atoms with E-state index < -0.39 is 0 Å². The molecule has 0 radical (unpaired) electrons. The van der Waals surface area contributed by atoms with Crippen molar-refractivity contribution >= 4 is 34.1 Å². The second-order valence-electron chi connectivity index (χ2n) is 8.27. The van der Waals surface area contributed by atoms with E-state index in [0.29, 0.717) is 27.6 Å². The number of nitriles is 2. The lowest BCUT2D eigenvalue weighted by Crippen LogP contribution is -2.19. The highest BCUT2D eigenvalue weighted by Crippen LogP contribution is 2.34. The molecule has 6 heteroatoms. The minimum absolute atomic E-state index is 0.0567. The number of Topliss-reactive ketones (excluding diaryl/α,β-unsaturated/α-hetero) is 1. The maximum absolute atomic E-state index is 12.9. The average molecular weight is 464 g/mol. The summed E-state index contributed by atoms with van der Waals surface area (Å²) in [5.74, 6) is 0.603. The lowest BCUT2D eigenvalue weighted by Gasteiger charge is -2.12. The topological polar surface area (TPSA) is 105 Å². The summed E-state index contributed by atoms with van der Waals surface area (Å²) in [5.41, 5.74) is 9.68. The summed E-state index contributed by atoms with van der Waals surface area (Å²) in [7, 11) is 0.